The van der Waals surface area contributed by atoms with Gasteiger partial charge in [0.05, 0.1) is 10.2 Å². The number of pyridine rings is 1. The summed E-state index contributed by atoms with van der Waals surface area (Å²) in [6, 6.07) is 15.2. The van der Waals surface area contributed by atoms with Gasteiger partial charge < -0.3 is 5.32 Å². The lowest BCUT2D eigenvalue weighted by Gasteiger charge is -2.05. The highest BCUT2D eigenvalue weighted by molar-refractivity contribution is 7.21. The third kappa shape index (κ3) is 2.57. The fraction of sp³-hybridized carbons (Fsp3) is 0.100. The van der Waals surface area contributed by atoms with Crippen LogP contribution in [0.15, 0.2) is 54.7 Å². The predicted octanol–water partition coefficient (Wildman–Crippen LogP) is 5.13. The number of aromatic nitrogens is 2. The number of hydrogen-bond acceptors (Lipinski definition) is 4. The molecule has 1 aliphatic heterocycles. The van der Waals surface area contributed by atoms with Crippen LogP contribution >= 0.6 is 11.3 Å². The van der Waals surface area contributed by atoms with Gasteiger partial charge in [-0.2, -0.15) is 0 Å². The largest absolute Gasteiger partial charge is 0.370 e. The highest BCUT2D eigenvalue weighted by atomic mass is 32.1. The molecule has 0 bridgehead atoms. The molecule has 5 heteroatoms. The fourth-order valence-corrected chi connectivity index (χ4v) is 4.16. The molecule has 0 aliphatic carbocycles. The van der Waals surface area contributed by atoms with Gasteiger partial charge in [-0.25, -0.2) is 14.4 Å². The minimum atomic E-state index is -0.225. The van der Waals surface area contributed by atoms with Crippen LogP contribution in [-0.4, -0.2) is 16.5 Å². The molecule has 0 atom stereocenters. The molecule has 0 unspecified atom stereocenters. The van der Waals surface area contributed by atoms with Crippen LogP contribution < -0.4 is 5.32 Å². The number of hydrogen-bond donors (Lipinski definition) is 1. The summed E-state index contributed by atoms with van der Waals surface area (Å²) in [6.45, 7) is 0.961. The van der Waals surface area contributed by atoms with Crippen LogP contribution in [0.1, 0.15) is 5.56 Å². The number of anilines is 1. The summed E-state index contributed by atoms with van der Waals surface area (Å²) in [6.07, 6.45) is 2.93. The molecule has 0 saturated carbocycles. The van der Waals surface area contributed by atoms with Gasteiger partial charge in [-0.05, 0) is 41.8 Å². The molecule has 5 rings (SSSR count). The number of nitrogens with one attached hydrogen (secondary N) is 1. The first kappa shape index (κ1) is 14.5. The van der Waals surface area contributed by atoms with Gasteiger partial charge in [0.2, 0.25) is 0 Å². The van der Waals surface area contributed by atoms with Gasteiger partial charge in [0.15, 0.2) is 0 Å². The van der Waals surface area contributed by atoms with Crippen molar-refractivity contribution in [2.24, 2.45) is 0 Å². The van der Waals surface area contributed by atoms with Crippen molar-refractivity contribution in [3.63, 3.8) is 0 Å². The first-order valence-electron chi connectivity index (χ1n) is 8.16. The van der Waals surface area contributed by atoms with Gasteiger partial charge in [0, 0.05) is 23.9 Å². The van der Waals surface area contributed by atoms with Gasteiger partial charge in [0.25, 0.3) is 0 Å². The monoisotopic (exact) mass is 347 g/mol. The van der Waals surface area contributed by atoms with Crippen molar-refractivity contribution in [2.45, 2.75) is 6.42 Å². The molecular formula is C20H14FN3S. The maximum atomic E-state index is 13.4. The van der Waals surface area contributed by atoms with Gasteiger partial charge in [-0.15, -0.1) is 11.3 Å². The Kier molecular flexibility index (Phi) is 3.28. The Balaban J connectivity index is 1.50. The Morgan fingerprint density at radius 2 is 1.80 bits per heavy atom. The maximum Gasteiger partial charge on any atom is 0.129 e. The number of benzene rings is 2. The summed E-state index contributed by atoms with van der Waals surface area (Å²) in [5, 5.41) is 4.19. The van der Waals surface area contributed by atoms with Crippen LogP contribution in [0.2, 0.25) is 0 Å². The fourth-order valence-electron chi connectivity index (χ4n) is 3.16. The van der Waals surface area contributed by atoms with Crippen LogP contribution in [0.3, 0.4) is 0 Å². The third-order valence-electron chi connectivity index (χ3n) is 4.47. The number of nitrogens with zero attached hydrogens (tertiary/aromatic N) is 2. The van der Waals surface area contributed by atoms with E-state index in [0.717, 1.165) is 50.7 Å². The second-order valence-electron chi connectivity index (χ2n) is 6.12. The van der Waals surface area contributed by atoms with E-state index >= 15 is 0 Å². The zero-order valence-corrected chi connectivity index (χ0v) is 14.1. The van der Waals surface area contributed by atoms with Crippen LogP contribution in [0.4, 0.5) is 10.2 Å². The molecule has 25 heavy (non-hydrogen) atoms. The predicted molar refractivity (Wildman–Crippen MR) is 100 cm³/mol. The highest BCUT2D eigenvalue weighted by Gasteiger charge is 2.13. The summed E-state index contributed by atoms with van der Waals surface area (Å²) in [5.74, 6) is 0.777. The molecular weight excluding hydrogens is 333 g/mol. The molecule has 1 N–H and O–H groups in total. The smallest absolute Gasteiger partial charge is 0.129 e. The lowest BCUT2D eigenvalue weighted by atomic mass is 10.0. The molecule has 3 heterocycles. The molecule has 0 fully saturated rings. The van der Waals surface area contributed by atoms with E-state index in [4.69, 9.17) is 0 Å². The molecule has 4 aromatic rings. The second-order valence-corrected chi connectivity index (χ2v) is 7.15. The SMILES string of the molecule is Fc1ccc2nc(-c3ccc(-c4cnc5c(c4)CCN5)cc3)sc2c1. The summed E-state index contributed by atoms with van der Waals surface area (Å²) < 4.78 is 14.2. The lowest BCUT2D eigenvalue weighted by molar-refractivity contribution is 0.630. The summed E-state index contributed by atoms with van der Waals surface area (Å²) in [4.78, 5) is 9.10. The van der Waals surface area contributed by atoms with Crippen LogP contribution in [0.25, 0.3) is 31.9 Å². The first-order chi connectivity index (χ1) is 12.3. The van der Waals surface area contributed by atoms with E-state index in [-0.39, 0.29) is 5.82 Å². The molecule has 0 saturated heterocycles. The van der Waals surface area contributed by atoms with Crippen molar-refractivity contribution in [3.05, 3.63) is 66.1 Å². The van der Waals surface area contributed by atoms with Crippen molar-refractivity contribution in [3.8, 4) is 21.7 Å². The van der Waals surface area contributed by atoms with E-state index in [1.807, 2.05) is 6.20 Å². The Morgan fingerprint density at radius 1 is 0.960 bits per heavy atom. The van der Waals surface area contributed by atoms with E-state index in [2.05, 4.69) is 45.6 Å². The van der Waals surface area contributed by atoms with Gasteiger partial charge in [-0.3, -0.25) is 0 Å². The maximum absolute atomic E-state index is 13.4. The number of halogens is 1. The average Bonchev–Trinajstić information content (AvgIpc) is 3.27. The minimum Gasteiger partial charge on any atom is -0.370 e. The normalized spacial score (nSPS) is 13.0. The van der Waals surface area contributed by atoms with Crippen LogP contribution in [0.5, 0.6) is 0 Å². The van der Waals surface area contributed by atoms with Crippen molar-refractivity contribution >= 4 is 27.4 Å². The average molecular weight is 347 g/mol. The second kappa shape index (κ2) is 5.63. The summed E-state index contributed by atoms with van der Waals surface area (Å²) in [5.41, 5.74) is 5.41. The van der Waals surface area contributed by atoms with E-state index in [0.29, 0.717) is 0 Å². The molecule has 0 radical (unpaired) electrons. The molecule has 1 aliphatic rings. The van der Waals surface area contributed by atoms with Crippen molar-refractivity contribution < 1.29 is 4.39 Å². The molecule has 0 amide bonds. The van der Waals surface area contributed by atoms with E-state index in [9.17, 15) is 4.39 Å². The standard InChI is InChI=1S/C20H14FN3S/c21-16-5-6-17-18(10-16)25-20(24-17)13-3-1-12(2-4-13)15-9-14-7-8-22-19(14)23-11-15/h1-6,9-11H,7-8H2,(H,22,23). The highest BCUT2D eigenvalue weighted by Crippen LogP contribution is 2.32. The van der Waals surface area contributed by atoms with Gasteiger partial charge >= 0.3 is 0 Å². The van der Waals surface area contributed by atoms with Crippen molar-refractivity contribution in [1.82, 2.24) is 9.97 Å². The lowest BCUT2D eigenvalue weighted by Crippen LogP contribution is -1.92. The van der Waals surface area contributed by atoms with E-state index in [1.165, 1.54) is 29.0 Å². The molecule has 3 nitrogen and oxygen atoms in total. The molecule has 122 valence electrons. The molecule has 0 spiro atoms. The Morgan fingerprint density at radius 3 is 2.68 bits per heavy atom. The first-order valence-corrected chi connectivity index (χ1v) is 8.98. The third-order valence-corrected chi connectivity index (χ3v) is 5.54. The Bertz CT molecular complexity index is 1090. The number of fused-ring (bicyclic) bond motifs is 2. The summed E-state index contributed by atoms with van der Waals surface area (Å²) in [7, 11) is 0. The Hall–Kier alpha value is -2.79. The summed E-state index contributed by atoms with van der Waals surface area (Å²) >= 11 is 1.51. The minimum absolute atomic E-state index is 0.225. The van der Waals surface area contributed by atoms with Gasteiger partial charge in [0.1, 0.15) is 16.6 Å². The van der Waals surface area contributed by atoms with Gasteiger partial charge in [-0.1, -0.05) is 24.3 Å². The van der Waals surface area contributed by atoms with Crippen molar-refractivity contribution in [2.75, 3.05) is 11.9 Å². The Labute approximate surface area is 148 Å². The van der Waals surface area contributed by atoms with E-state index < -0.39 is 0 Å². The topological polar surface area (TPSA) is 37.8 Å². The quantitative estimate of drug-likeness (QED) is 0.546. The zero-order valence-electron chi connectivity index (χ0n) is 13.3. The van der Waals surface area contributed by atoms with Crippen LogP contribution in [0, 0.1) is 5.82 Å². The zero-order chi connectivity index (χ0) is 16.8. The van der Waals surface area contributed by atoms with E-state index in [1.54, 1.807) is 6.07 Å². The number of thiazole rings is 1. The van der Waals surface area contributed by atoms with Crippen molar-refractivity contribution in [1.29, 1.82) is 0 Å². The molecule has 2 aromatic heterocycles. The van der Waals surface area contributed by atoms with Crippen LogP contribution in [-0.2, 0) is 6.42 Å². The molecule has 2 aromatic carbocycles. The number of rotatable bonds is 2.